The Morgan fingerprint density at radius 3 is 2.67 bits per heavy atom. The van der Waals surface area contributed by atoms with Crippen LogP contribution in [0.1, 0.15) is 0 Å². The second-order valence-corrected chi connectivity index (χ2v) is 5.71. The molecule has 0 aliphatic carbocycles. The van der Waals surface area contributed by atoms with Crippen molar-refractivity contribution in [2.45, 2.75) is 0 Å². The molecule has 0 spiro atoms. The van der Waals surface area contributed by atoms with E-state index in [0.29, 0.717) is 16.4 Å². The summed E-state index contributed by atoms with van der Waals surface area (Å²) in [6.07, 6.45) is 5.12. The molecule has 0 fully saturated rings. The van der Waals surface area contributed by atoms with E-state index >= 15 is 0 Å². The lowest BCUT2D eigenvalue weighted by molar-refractivity contribution is 0.585. The van der Waals surface area contributed by atoms with Gasteiger partial charge in [0.1, 0.15) is 17.3 Å². The Hall–Kier alpha value is -2.79. The highest BCUT2D eigenvalue weighted by Crippen LogP contribution is 2.27. The van der Waals surface area contributed by atoms with Crippen molar-refractivity contribution in [1.82, 2.24) is 14.4 Å². The molecule has 0 amide bonds. The van der Waals surface area contributed by atoms with Crippen molar-refractivity contribution in [2.24, 2.45) is 0 Å². The van der Waals surface area contributed by atoms with Crippen LogP contribution in [0.25, 0.3) is 28.2 Å². The maximum absolute atomic E-state index is 14.0. The van der Waals surface area contributed by atoms with Gasteiger partial charge in [0.2, 0.25) is 0 Å². The van der Waals surface area contributed by atoms with Crippen LogP contribution in [0.4, 0.5) is 8.78 Å². The number of hydrogen-bond acceptors (Lipinski definition) is 2. The lowest BCUT2D eigenvalue weighted by Gasteiger charge is -2.06. The average Bonchev–Trinajstić information content (AvgIpc) is 2.98. The number of pyridine rings is 2. The second-order valence-electron chi connectivity index (χ2n) is 5.27. The van der Waals surface area contributed by atoms with Gasteiger partial charge >= 0.3 is 0 Å². The van der Waals surface area contributed by atoms with Gasteiger partial charge in [0.05, 0.1) is 17.6 Å². The lowest BCUT2D eigenvalue weighted by atomic mass is 10.1. The predicted octanol–water partition coefficient (Wildman–Crippen LogP) is 4.99. The highest BCUT2D eigenvalue weighted by Gasteiger charge is 2.11. The molecular weight excluding hydrogens is 332 g/mol. The average molecular weight is 342 g/mol. The van der Waals surface area contributed by atoms with Crippen LogP contribution in [0.15, 0.2) is 61.1 Å². The molecular formula is C18H10ClF2N3. The van der Waals surface area contributed by atoms with Crippen LogP contribution in [-0.4, -0.2) is 14.4 Å². The van der Waals surface area contributed by atoms with Gasteiger partial charge in [0.15, 0.2) is 0 Å². The van der Waals surface area contributed by atoms with Gasteiger partial charge in [-0.3, -0.25) is 9.38 Å². The molecule has 118 valence electrons. The molecule has 0 saturated heterocycles. The highest BCUT2D eigenvalue weighted by molar-refractivity contribution is 6.30. The van der Waals surface area contributed by atoms with E-state index in [1.165, 1.54) is 12.1 Å². The third-order valence-corrected chi connectivity index (χ3v) is 3.97. The van der Waals surface area contributed by atoms with Gasteiger partial charge in [-0.05, 0) is 30.3 Å². The number of imidazole rings is 1. The Kier molecular flexibility index (Phi) is 3.50. The minimum absolute atomic E-state index is 0.245. The molecule has 0 aliphatic heterocycles. The Labute approximate surface area is 141 Å². The van der Waals surface area contributed by atoms with E-state index in [1.807, 2.05) is 16.7 Å². The molecule has 1 aromatic carbocycles. The van der Waals surface area contributed by atoms with Gasteiger partial charge in [-0.1, -0.05) is 11.6 Å². The molecule has 6 heteroatoms. The molecule has 4 rings (SSSR count). The molecule has 4 aromatic rings. The first-order chi connectivity index (χ1) is 11.6. The summed E-state index contributed by atoms with van der Waals surface area (Å²) >= 11 is 5.97. The standard InChI is InChI=1S/C18H10ClF2N3/c19-12-4-6-24-17(10-23-18(24)8-12)11-3-5-22-16(7-11)14-2-1-13(20)9-15(14)21/h1-10H. The molecule has 3 heterocycles. The van der Waals surface area contributed by atoms with Crippen molar-refractivity contribution in [3.05, 3.63) is 77.7 Å². The van der Waals surface area contributed by atoms with Crippen LogP contribution in [0.3, 0.4) is 0 Å². The zero-order valence-electron chi connectivity index (χ0n) is 12.2. The van der Waals surface area contributed by atoms with Crippen molar-refractivity contribution in [2.75, 3.05) is 0 Å². The molecule has 0 saturated carbocycles. The Morgan fingerprint density at radius 1 is 0.958 bits per heavy atom. The Morgan fingerprint density at radius 2 is 1.83 bits per heavy atom. The minimum atomic E-state index is -0.649. The van der Waals surface area contributed by atoms with Crippen molar-refractivity contribution in [1.29, 1.82) is 0 Å². The third kappa shape index (κ3) is 2.53. The van der Waals surface area contributed by atoms with Crippen molar-refractivity contribution in [3.63, 3.8) is 0 Å². The molecule has 0 N–H and O–H groups in total. The summed E-state index contributed by atoms with van der Waals surface area (Å²) in [5.41, 5.74) is 3.03. The summed E-state index contributed by atoms with van der Waals surface area (Å²) in [5.74, 6) is -1.27. The van der Waals surface area contributed by atoms with Crippen molar-refractivity contribution < 1.29 is 8.78 Å². The van der Waals surface area contributed by atoms with Gasteiger partial charge in [0, 0.05) is 40.7 Å². The highest BCUT2D eigenvalue weighted by atomic mass is 35.5. The first-order valence-electron chi connectivity index (χ1n) is 7.16. The van der Waals surface area contributed by atoms with E-state index < -0.39 is 11.6 Å². The largest absolute Gasteiger partial charge is 0.300 e. The molecule has 3 aromatic heterocycles. The summed E-state index contributed by atoms with van der Waals surface area (Å²) in [6.45, 7) is 0. The minimum Gasteiger partial charge on any atom is -0.300 e. The van der Waals surface area contributed by atoms with Crippen LogP contribution in [0, 0.1) is 11.6 Å². The first kappa shape index (κ1) is 14.8. The van der Waals surface area contributed by atoms with E-state index in [2.05, 4.69) is 9.97 Å². The van der Waals surface area contributed by atoms with Gasteiger partial charge in [0.25, 0.3) is 0 Å². The monoisotopic (exact) mass is 341 g/mol. The maximum atomic E-state index is 14.0. The third-order valence-electron chi connectivity index (χ3n) is 3.74. The molecule has 0 atom stereocenters. The lowest BCUT2D eigenvalue weighted by Crippen LogP contribution is -1.92. The molecule has 0 bridgehead atoms. The molecule has 3 nitrogen and oxygen atoms in total. The van der Waals surface area contributed by atoms with E-state index in [0.717, 1.165) is 17.3 Å². The topological polar surface area (TPSA) is 30.2 Å². The van der Waals surface area contributed by atoms with E-state index in [9.17, 15) is 8.78 Å². The first-order valence-corrected chi connectivity index (χ1v) is 7.54. The van der Waals surface area contributed by atoms with Crippen LogP contribution in [0.2, 0.25) is 5.02 Å². The van der Waals surface area contributed by atoms with Crippen LogP contribution in [-0.2, 0) is 0 Å². The van der Waals surface area contributed by atoms with Crippen molar-refractivity contribution in [3.8, 4) is 22.5 Å². The zero-order valence-corrected chi connectivity index (χ0v) is 13.0. The number of fused-ring (bicyclic) bond motifs is 1. The van der Waals surface area contributed by atoms with Gasteiger partial charge in [-0.15, -0.1) is 0 Å². The summed E-state index contributed by atoms with van der Waals surface area (Å²) in [4.78, 5) is 8.51. The second kappa shape index (κ2) is 5.69. The quantitative estimate of drug-likeness (QED) is 0.514. The zero-order chi connectivity index (χ0) is 16.7. The molecule has 0 radical (unpaired) electrons. The number of rotatable bonds is 2. The van der Waals surface area contributed by atoms with E-state index in [4.69, 9.17) is 11.6 Å². The fourth-order valence-electron chi connectivity index (χ4n) is 2.60. The maximum Gasteiger partial charge on any atom is 0.138 e. The summed E-state index contributed by atoms with van der Waals surface area (Å²) in [6, 6.07) is 10.5. The number of benzene rings is 1. The van der Waals surface area contributed by atoms with E-state index in [1.54, 1.807) is 30.6 Å². The van der Waals surface area contributed by atoms with Crippen molar-refractivity contribution >= 4 is 17.2 Å². The Bertz CT molecular complexity index is 1060. The van der Waals surface area contributed by atoms with Crippen LogP contribution in [0.5, 0.6) is 0 Å². The van der Waals surface area contributed by atoms with Gasteiger partial charge in [-0.25, -0.2) is 13.8 Å². The number of nitrogens with zero attached hydrogens (tertiary/aromatic N) is 3. The number of hydrogen-bond donors (Lipinski definition) is 0. The van der Waals surface area contributed by atoms with Crippen LogP contribution >= 0.6 is 11.6 Å². The molecule has 24 heavy (non-hydrogen) atoms. The normalized spacial score (nSPS) is 11.1. The SMILES string of the molecule is Fc1ccc(-c2cc(-c3cnc4cc(Cl)ccn34)ccn2)c(F)c1. The summed E-state index contributed by atoms with van der Waals surface area (Å²) < 4.78 is 29.0. The molecule has 0 aliphatic rings. The Balaban J connectivity index is 1.85. The number of halogens is 3. The number of aromatic nitrogens is 3. The molecule has 0 unspecified atom stereocenters. The van der Waals surface area contributed by atoms with Crippen LogP contribution < -0.4 is 0 Å². The van der Waals surface area contributed by atoms with Gasteiger partial charge < -0.3 is 0 Å². The fourth-order valence-corrected chi connectivity index (χ4v) is 2.76. The smallest absolute Gasteiger partial charge is 0.138 e. The van der Waals surface area contributed by atoms with E-state index in [-0.39, 0.29) is 5.56 Å². The van der Waals surface area contributed by atoms with Gasteiger partial charge in [-0.2, -0.15) is 0 Å². The fraction of sp³-hybridized carbons (Fsp3) is 0. The summed E-state index contributed by atoms with van der Waals surface area (Å²) in [7, 11) is 0. The summed E-state index contributed by atoms with van der Waals surface area (Å²) in [5, 5.41) is 0.600. The predicted molar refractivity (Wildman–Crippen MR) is 88.8 cm³/mol.